The zero-order valence-electron chi connectivity index (χ0n) is 14.8. The molecule has 0 aliphatic carbocycles. The van der Waals surface area contributed by atoms with Crippen LogP contribution in [0.2, 0.25) is 0 Å². The molecule has 0 spiro atoms. The van der Waals surface area contributed by atoms with Crippen LogP contribution < -0.4 is 5.73 Å². The Morgan fingerprint density at radius 1 is 0.870 bits per heavy atom. The molecule has 0 aliphatic rings. The Morgan fingerprint density at radius 3 is 1.87 bits per heavy atom. The molecule has 0 saturated carbocycles. The molecule has 0 amide bonds. The average molecular weight is 370 g/mol. The second-order valence-electron chi connectivity index (χ2n) is 6.40. The molecule has 0 bridgehead atoms. The summed E-state index contributed by atoms with van der Waals surface area (Å²) in [5.41, 5.74) is 5.73. The van der Waals surface area contributed by atoms with Crippen LogP contribution in [0, 0.1) is 0 Å². The van der Waals surface area contributed by atoms with Gasteiger partial charge in [-0.05, 0) is 19.3 Å². The van der Waals surface area contributed by atoms with Gasteiger partial charge in [0.05, 0.1) is 5.75 Å². The van der Waals surface area contributed by atoms with E-state index in [1.54, 1.807) is 0 Å². The van der Waals surface area contributed by atoms with E-state index in [1.807, 2.05) is 0 Å². The second-order valence-corrected chi connectivity index (χ2v) is 9.22. The van der Waals surface area contributed by atoms with Gasteiger partial charge in [0, 0.05) is 29.9 Å². The lowest BCUT2D eigenvalue weighted by molar-refractivity contribution is 0.125. The van der Waals surface area contributed by atoms with Crippen LogP contribution in [0.25, 0.3) is 0 Å². The van der Waals surface area contributed by atoms with Gasteiger partial charge in [0.2, 0.25) is 9.05 Å². The third-order valence-electron chi connectivity index (χ3n) is 3.92. The smallest absolute Gasteiger partial charge is 0.234 e. The fourth-order valence-corrected chi connectivity index (χ4v) is 3.73. The predicted molar refractivity (Wildman–Crippen MR) is 99.5 cm³/mol. The number of halogens is 1. The summed E-state index contributed by atoms with van der Waals surface area (Å²) in [6.07, 6.45) is 14.0. The van der Waals surface area contributed by atoms with Gasteiger partial charge in [-0.1, -0.05) is 64.7 Å². The van der Waals surface area contributed by atoms with Gasteiger partial charge in [0.25, 0.3) is 0 Å². The Labute approximate surface area is 147 Å². The molecule has 0 rings (SSSR count). The lowest BCUT2D eigenvalue weighted by Gasteiger charge is -2.09. The molecule has 1 atom stereocenters. The molecule has 0 fully saturated rings. The maximum Gasteiger partial charge on any atom is 0.234 e. The zero-order valence-corrected chi connectivity index (χ0v) is 16.3. The predicted octanol–water partition coefficient (Wildman–Crippen LogP) is 4.60. The number of hydrogen-bond acceptors (Lipinski definition) is 4. The van der Waals surface area contributed by atoms with Crippen molar-refractivity contribution < 1.29 is 13.2 Å². The quantitative estimate of drug-likeness (QED) is 0.300. The third kappa shape index (κ3) is 20.1. The lowest BCUT2D eigenvalue weighted by Crippen LogP contribution is -2.27. The van der Waals surface area contributed by atoms with Crippen molar-refractivity contribution in [3.8, 4) is 0 Å². The van der Waals surface area contributed by atoms with Crippen LogP contribution in [0.3, 0.4) is 0 Å². The van der Waals surface area contributed by atoms with Crippen molar-refractivity contribution >= 4 is 19.7 Å². The van der Waals surface area contributed by atoms with E-state index in [0.717, 1.165) is 38.9 Å². The van der Waals surface area contributed by atoms with Crippen LogP contribution in [0.4, 0.5) is 0 Å². The van der Waals surface area contributed by atoms with Gasteiger partial charge in [-0.3, -0.25) is 0 Å². The SMILES string of the molecule is CCCCCCOCCCCCCCCCC(N)CS(=O)(=O)Cl. The molecule has 0 heterocycles. The summed E-state index contributed by atoms with van der Waals surface area (Å²) in [7, 11) is 1.72. The molecule has 0 aromatic carbocycles. The molecule has 0 aromatic heterocycles. The van der Waals surface area contributed by atoms with E-state index in [-0.39, 0.29) is 11.8 Å². The van der Waals surface area contributed by atoms with Gasteiger partial charge in [0.1, 0.15) is 0 Å². The molecule has 4 nitrogen and oxygen atoms in total. The van der Waals surface area contributed by atoms with Crippen molar-refractivity contribution in [3.05, 3.63) is 0 Å². The number of hydrogen-bond donors (Lipinski definition) is 1. The van der Waals surface area contributed by atoms with Crippen molar-refractivity contribution in [2.24, 2.45) is 5.73 Å². The molecule has 23 heavy (non-hydrogen) atoms. The summed E-state index contributed by atoms with van der Waals surface area (Å²) in [6, 6.07) is -0.327. The van der Waals surface area contributed by atoms with E-state index in [9.17, 15) is 8.42 Å². The summed E-state index contributed by atoms with van der Waals surface area (Å²) in [4.78, 5) is 0. The zero-order chi connectivity index (χ0) is 17.4. The Bertz CT molecular complexity index is 350. The first kappa shape index (κ1) is 23.2. The van der Waals surface area contributed by atoms with Crippen molar-refractivity contribution in [2.75, 3.05) is 19.0 Å². The highest BCUT2D eigenvalue weighted by atomic mass is 35.7. The van der Waals surface area contributed by atoms with Crippen LogP contribution in [-0.2, 0) is 13.8 Å². The Kier molecular flexibility index (Phi) is 15.8. The molecule has 2 N–H and O–H groups in total. The van der Waals surface area contributed by atoms with Crippen LogP contribution in [0.5, 0.6) is 0 Å². The maximum atomic E-state index is 10.9. The first-order valence-corrected chi connectivity index (χ1v) is 11.7. The first-order chi connectivity index (χ1) is 11.0. The molecule has 0 aliphatic heterocycles. The van der Waals surface area contributed by atoms with Gasteiger partial charge >= 0.3 is 0 Å². The fraction of sp³-hybridized carbons (Fsp3) is 1.00. The molecule has 0 aromatic rings. The Morgan fingerprint density at radius 2 is 1.35 bits per heavy atom. The van der Waals surface area contributed by atoms with Crippen molar-refractivity contribution in [1.82, 2.24) is 0 Å². The Hall–Kier alpha value is 0.160. The van der Waals surface area contributed by atoms with Gasteiger partial charge in [0.15, 0.2) is 0 Å². The van der Waals surface area contributed by atoms with Gasteiger partial charge in [-0.15, -0.1) is 0 Å². The largest absolute Gasteiger partial charge is 0.381 e. The number of nitrogens with two attached hydrogens (primary N) is 1. The molecule has 6 heteroatoms. The average Bonchev–Trinajstić information content (AvgIpc) is 2.46. The third-order valence-corrected chi connectivity index (χ3v) is 5.12. The van der Waals surface area contributed by atoms with Gasteiger partial charge in [-0.25, -0.2) is 8.42 Å². The van der Waals surface area contributed by atoms with Crippen LogP contribution in [-0.4, -0.2) is 33.4 Å². The number of ether oxygens (including phenoxy) is 1. The maximum absolute atomic E-state index is 10.9. The summed E-state index contributed by atoms with van der Waals surface area (Å²) in [5, 5.41) is 0. The first-order valence-electron chi connectivity index (χ1n) is 9.21. The molecule has 1 unspecified atom stereocenters. The topological polar surface area (TPSA) is 69.4 Å². The summed E-state index contributed by atoms with van der Waals surface area (Å²) in [5.74, 6) is -0.118. The summed E-state index contributed by atoms with van der Waals surface area (Å²) in [6.45, 7) is 4.03. The summed E-state index contributed by atoms with van der Waals surface area (Å²) >= 11 is 0. The second kappa shape index (κ2) is 15.7. The van der Waals surface area contributed by atoms with Crippen molar-refractivity contribution in [3.63, 3.8) is 0 Å². The minimum Gasteiger partial charge on any atom is -0.381 e. The van der Waals surface area contributed by atoms with Gasteiger partial charge in [-0.2, -0.15) is 0 Å². The molecule has 140 valence electrons. The van der Waals surface area contributed by atoms with Crippen LogP contribution in [0.15, 0.2) is 0 Å². The highest BCUT2D eigenvalue weighted by molar-refractivity contribution is 8.13. The normalized spacial score (nSPS) is 13.3. The van der Waals surface area contributed by atoms with E-state index in [0.29, 0.717) is 0 Å². The number of unbranched alkanes of at least 4 members (excludes halogenated alkanes) is 9. The minimum absolute atomic E-state index is 0.118. The molecular formula is C17H36ClNO3S. The van der Waals surface area contributed by atoms with E-state index in [4.69, 9.17) is 21.2 Å². The standard InChI is InChI=1S/C17H36ClNO3S/c1-2-3-4-11-14-22-15-12-9-7-5-6-8-10-13-17(19)16-23(18,20)21/h17H,2-16,19H2,1H3. The van der Waals surface area contributed by atoms with E-state index >= 15 is 0 Å². The minimum atomic E-state index is -3.46. The number of rotatable bonds is 17. The molecule has 0 radical (unpaired) electrons. The highest BCUT2D eigenvalue weighted by Gasteiger charge is 2.12. The monoisotopic (exact) mass is 369 g/mol. The fourth-order valence-electron chi connectivity index (χ4n) is 2.57. The van der Waals surface area contributed by atoms with Crippen LogP contribution >= 0.6 is 10.7 Å². The van der Waals surface area contributed by atoms with E-state index in [2.05, 4.69) is 6.92 Å². The van der Waals surface area contributed by atoms with E-state index in [1.165, 1.54) is 51.4 Å². The van der Waals surface area contributed by atoms with Crippen molar-refractivity contribution in [2.45, 2.75) is 90.0 Å². The van der Waals surface area contributed by atoms with Crippen LogP contribution in [0.1, 0.15) is 84.0 Å². The van der Waals surface area contributed by atoms with E-state index < -0.39 is 9.05 Å². The highest BCUT2D eigenvalue weighted by Crippen LogP contribution is 2.11. The van der Waals surface area contributed by atoms with Gasteiger partial charge < -0.3 is 10.5 Å². The molecular weight excluding hydrogens is 334 g/mol. The Balaban J connectivity index is 3.16. The molecule has 0 saturated heterocycles. The lowest BCUT2D eigenvalue weighted by atomic mass is 10.1. The van der Waals surface area contributed by atoms with Crippen molar-refractivity contribution in [1.29, 1.82) is 0 Å². The summed E-state index contributed by atoms with van der Waals surface area (Å²) < 4.78 is 27.3.